The first kappa shape index (κ1) is 16.0. The number of nitrogens with one attached hydrogen (secondary N) is 1. The van der Waals surface area contributed by atoms with E-state index < -0.39 is 6.04 Å². The van der Waals surface area contributed by atoms with Crippen molar-refractivity contribution in [2.24, 2.45) is 0 Å². The molecule has 6 heteroatoms. The Hall–Kier alpha value is -2.86. The van der Waals surface area contributed by atoms with Crippen molar-refractivity contribution in [2.45, 2.75) is 6.04 Å². The molecule has 2 aromatic carbocycles. The van der Waals surface area contributed by atoms with Crippen molar-refractivity contribution >= 4 is 17.5 Å². The fourth-order valence-corrected chi connectivity index (χ4v) is 2.63. The van der Waals surface area contributed by atoms with Crippen LogP contribution in [-0.2, 0) is 9.59 Å². The molecule has 2 aromatic rings. The molecule has 124 valence electrons. The first-order valence-corrected chi connectivity index (χ1v) is 7.66. The molecule has 0 aromatic heterocycles. The van der Waals surface area contributed by atoms with Crippen LogP contribution >= 0.6 is 0 Å². The second-order valence-corrected chi connectivity index (χ2v) is 5.45. The van der Waals surface area contributed by atoms with Crippen molar-refractivity contribution in [1.82, 2.24) is 5.32 Å². The normalized spacial score (nSPS) is 14.5. The first-order chi connectivity index (χ1) is 11.7. The van der Waals surface area contributed by atoms with Crippen LogP contribution in [0, 0.1) is 0 Å². The van der Waals surface area contributed by atoms with E-state index in [1.54, 1.807) is 18.2 Å². The number of fused-ring (bicyclic) bond motifs is 1. The van der Waals surface area contributed by atoms with Crippen molar-refractivity contribution in [2.75, 3.05) is 24.7 Å². The number of carbonyl (C=O) groups is 2. The maximum Gasteiger partial charge on any atom is 0.265 e. The molecule has 0 fully saturated rings. The van der Waals surface area contributed by atoms with E-state index in [9.17, 15) is 14.7 Å². The molecule has 1 aliphatic heterocycles. The van der Waals surface area contributed by atoms with Crippen molar-refractivity contribution in [1.29, 1.82) is 0 Å². The number of hydrogen-bond acceptors (Lipinski definition) is 4. The van der Waals surface area contributed by atoms with Crippen LogP contribution in [0.1, 0.15) is 11.6 Å². The molecule has 0 unspecified atom stereocenters. The topological polar surface area (TPSA) is 78.9 Å². The number of ether oxygens (including phenoxy) is 1. The van der Waals surface area contributed by atoms with Crippen LogP contribution in [0.5, 0.6) is 5.75 Å². The van der Waals surface area contributed by atoms with Crippen LogP contribution in [0.25, 0.3) is 0 Å². The average molecular weight is 326 g/mol. The van der Waals surface area contributed by atoms with E-state index in [-0.39, 0.29) is 31.6 Å². The summed E-state index contributed by atoms with van der Waals surface area (Å²) in [6.45, 7) is -0.432. The number of carbonyl (C=O) groups excluding carboxylic acids is 2. The molecule has 2 N–H and O–H groups in total. The number of aliphatic hydroxyl groups excluding tert-OH is 1. The molecule has 1 atom stereocenters. The quantitative estimate of drug-likeness (QED) is 0.867. The Morgan fingerprint density at radius 3 is 2.62 bits per heavy atom. The maximum atomic E-state index is 12.4. The highest BCUT2D eigenvalue weighted by atomic mass is 16.5. The summed E-state index contributed by atoms with van der Waals surface area (Å²) in [5, 5.41) is 12.3. The lowest BCUT2D eigenvalue weighted by Gasteiger charge is -2.29. The zero-order chi connectivity index (χ0) is 16.9. The summed E-state index contributed by atoms with van der Waals surface area (Å²) < 4.78 is 5.36. The van der Waals surface area contributed by atoms with Gasteiger partial charge in [0, 0.05) is 0 Å². The third-order valence-corrected chi connectivity index (χ3v) is 3.83. The van der Waals surface area contributed by atoms with Crippen LogP contribution in [0.4, 0.5) is 5.69 Å². The minimum absolute atomic E-state index is 0.0909. The number of para-hydroxylation sites is 2. The molecule has 0 aliphatic carbocycles. The third-order valence-electron chi connectivity index (χ3n) is 3.83. The van der Waals surface area contributed by atoms with E-state index in [0.717, 1.165) is 5.56 Å². The van der Waals surface area contributed by atoms with E-state index in [1.165, 1.54) is 4.90 Å². The van der Waals surface area contributed by atoms with Gasteiger partial charge in [-0.3, -0.25) is 14.5 Å². The van der Waals surface area contributed by atoms with Crippen LogP contribution in [0.15, 0.2) is 54.6 Å². The zero-order valence-corrected chi connectivity index (χ0v) is 13.0. The Morgan fingerprint density at radius 2 is 1.88 bits per heavy atom. The average Bonchev–Trinajstić information content (AvgIpc) is 2.63. The molecule has 6 nitrogen and oxygen atoms in total. The number of hydrogen-bond donors (Lipinski definition) is 2. The fourth-order valence-electron chi connectivity index (χ4n) is 2.63. The number of benzene rings is 2. The minimum atomic E-state index is -0.509. The highest BCUT2D eigenvalue weighted by molar-refractivity contribution is 6.02. The molecule has 2 amide bonds. The highest BCUT2D eigenvalue weighted by Crippen LogP contribution is 2.31. The zero-order valence-electron chi connectivity index (χ0n) is 13.0. The number of anilines is 1. The summed E-state index contributed by atoms with van der Waals surface area (Å²) >= 11 is 0. The van der Waals surface area contributed by atoms with Crippen LogP contribution in [-0.4, -0.2) is 36.7 Å². The summed E-state index contributed by atoms with van der Waals surface area (Å²) in [6, 6.07) is 15.8. The second-order valence-electron chi connectivity index (χ2n) is 5.45. The van der Waals surface area contributed by atoms with Gasteiger partial charge in [0.05, 0.1) is 18.3 Å². The molecule has 3 rings (SSSR count). The molecular weight excluding hydrogens is 308 g/mol. The van der Waals surface area contributed by atoms with Crippen LogP contribution in [0.2, 0.25) is 0 Å². The molecule has 24 heavy (non-hydrogen) atoms. The SMILES string of the molecule is O=C(CN1C(=O)COc2ccccc21)N[C@@H](CO)c1ccccc1. The van der Waals surface area contributed by atoms with Gasteiger partial charge in [-0.05, 0) is 17.7 Å². The molecule has 0 radical (unpaired) electrons. The van der Waals surface area contributed by atoms with Gasteiger partial charge < -0.3 is 15.2 Å². The summed E-state index contributed by atoms with van der Waals surface area (Å²) in [6.07, 6.45) is 0. The fraction of sp³-hybridized carbons (Fsp3) is 0.222. The number of amides is 2. The predicted octanol–water partition coefficient (Wildman–Crippen LogP) is 1.26. The van der Waals surface area contributed by atoms with E-state index >= 15 is 0 Å². The van der Waals surface area contributed by atoms with Gasteiger partial charge in [-0.15, -0.1) is 0 Å². The lowest BCUT2D eigenvalue weighted by atomic mass is 10.1. The minimum Gasteiger partial charge on any atom is -0.482 e. The summed E-state index contributed by atoms with van der Waals surface area (Å²) in [4.78, 5) is 25.8. The molecular formula is C18H18N2O4. The van der Waals surface area contributed by atoms with Gasteiger partial charge in [-0.1, -0.05) is 42.5 Å². The van der Waals surface area contributed by atoms with Crippen LogP contribution < -0.4 is 15.0 Å². The Bertz CT molecular complexity index is 733. The van der Waals surface area contributed by atoms with Gasteiger partial charge in [-0.2, -0.15) is 0 Å². The Labute approximate surface area is 139 Å². The molecule has 1 aliphatic rings. The predicted molar refractivity (Wildman–Crippen MR) is 88.7 cm³/mol. The standard InChI is InChI=1S/C18H18N2O4/c21-11-14(13-6-2-1-3-7-13)19-17(22)10-20-15-8-4-5-9-16(15)24-12-18(20)23/h1-9,14,21H,10-12H2,(H,19,22)/t14-/m0/s1. The number of rotatable bonds is 5. The monoisotopic (exact) mass is 326 g/mol. The Kier molecular flexibility index (Phi) is 4.77. The molecule has 0 saturated carbocycles. The second kappa shape index (κ2) is 7.14. The lowest BCUT2D eigenvalue weighted by Crippen LogP contribution is -2.46. The van der Waals surface area contributed by atoms with E-state index in [0.29, 0.717) is 11.4 Å². The summed E-state index contributed by atoms with van der Waals surface area (Å²) in [5.41, 5.74) is 1.38. The Balaban J connectivity index is 1.72. The molecule has 0 saturated heterocycles. The van der Waals surface area contributed by atoms with Gasteiger partial charge >= 0.3 is 0 Å². The third kappa shape index (κ3) is 3.38. The summed E-state index contributed by atoms with van der Waals surface area (Å²) in [5.74, 6) is -0.0428. The van der Waals surface area contributed by atoms with Gasteiger partial charge in [0.2, 0.25) is 5.91 Å². The highest BCUT2D eigenvalue weighted by Gasteiger charge is 2.27. The Morgan fingerprint density at radius 1 is 1.17 bits per heavy atom. The van der Waals surface area contributed by atoms with Crippen LogP contribution in [0.3, 0.4) is 0 Å². The van der Waals surface area contributed by atoms with Gasteiger partial charge in [0.15, 0.2) is 6.61 Å². The number of aliphatic hydroxyl groups is 1. The van der Waals surface area contributed by atoms with Crippen molar-refractivity contribution in [3.8, 4) is 5.75 Å². The lowest BCUT2D eigenvalue weighted by molar-refractivity contribution is -0.125. The van der Waals surface area contributed by atoms with Crippen molar-refractivity contribution in [3.05, 3.63) is 60.2 Å². The number of nitrogens with zero attached hydrogens (tertiary/aromatic N) is 1. The van der Waals surface area contributed by atoms with Gasteiger partial charge in [-0.25, -0.2) is 0 Å². The summed E-state index contributed by atoms with van der Waals surface area (Å²) in [7, 11) is 0. The molecule has 0 bridgehead atoms. The molecule has 1 heterocycles. The largest absolute Gasteiger partial charge is 0.482 e. The smallest absolute Gasteiger partial charge is 0.265 e. The van der Waals surface area contributed by atoms with Gasteiger partial charge in [0.25, 0.3) is 5.91 Å². The van der Waals surface area contributed by atoms with E-state index in [1.807, 2.05) is 36.4 Å². The maximum absolute atomic E-state index is 12.4. The van der Waals surface area contributed by atoms with Crippen molar-refractivity contribution < 1.29 is 19.4 Å². The molecule has 0 spiro atoms. The first-order valence-electron chi connectivity index (χ1n) is 7.66. The van der Waals surface area contributed by atoms with E-state index in [2.05, 4.69) is 5.32 Å². The van der Waals surface area contributed by atoms with E-state index in [4.69, 9.17) is 4.74 Å². The van der Waals surface area contributed by atoms with Gasteiger partial charge in [0.1, 0.15) is 12.3 Å². The van der Waals surface area contributed by atoms with Crippen molar-refractivity contribution in [3.63, 3.8) is 0 Å².